The lowest BCUT2D eigenvalue weighted by Gasteiger charge is -2.04. The van der Waals surface area contributed by atoms with Crippen LogP contribution in [0.2, 0.25) is 0 Å². The third-order valence-electron chi connectivity index (χ3n) is 1.92. The Morgan fingerprint density at radius 1 is 1.19 bits per heavy atom. The second-order valence-corrected chi connectivity index (χ2v) is 3.18. The van der Waals surface area contributed by atoms with Gasteiger partial charge in [0.05, 0.1) is 5.71 Å². The molecular weight excluding hydrogens is 200 g/mol. The fourth-order valence-electron chi connectivity index (χ4n) is 1.20. The van der Waals surface area contributed by atoms with E-state index in [4.69, 9.17) is 0 Å². The predicted octanol–water partition coefficient (Wildman–Crippen LogP) is 2.88. The summed E-state index contributed by atoms with van der Waals surface area (Å²) in [6.07, 6.45) is 0. The highest BCUT2D eigenvalue weighted by Gasteiger charge is 2.00. The van der Waals surface area contributed by atoms with Crippen molar-refractivity contribution >= 4 is 11.6 Å². The number of carbonyl (C=O) groups is 1. The SMILES string of the molecule is CC.CC(=O)N/N=C(/C)c1ccccc1C. The fraction of sp³-hybridized carbons (Fsp3) is 0.385. The summed E-state index contributed by atoms with van der Waals surface area (Å²) in [7, 11) is 0. The molecule has 0 aliphatic heterocycles. The molecule has 1 rings (SSSR count). The Bertz CT molecular complexity index is 370. The highest BCUT2D eigenvalue weighted by Crippen LogP contribution is 2.07. The number of nitrogens with zero attached hydrogens (tertiary/aromatic N) is 1. The maximum atomic E-state index is 10.6. The zero-order valence-electron chi connectivity index (χ0n) is 10.7. The minimum absolute atomic E-state index is 0.155. The maximum Gasteiger partial charge on any atom is 0.236 e. The zero-order chi connectivity index (χ0) is 12.6. The number of hydrogen-bond donors (Lipinski definition) is 1. The van der Waals surface area contributed by atoms with Gasteiger partial charge < -0.3 is 0 Å². The normalized spacial score (nSPS) is 10.2. The third-order valence-corrected chi connectivity index (χ3v) is 1.92. The number of nitrogens with one attached hydrogen (secondary N) is 1. The number of aryl methyl sites for hydroxylation is 1. The summed E-state index contributed by atoms with van der Waals surface area (Å²) in [4.78, 5) is 10.6. The van der Waals surface area contributed by atoms with Crippen molar-refractivity contribution in [3.63, 3.8) is 0 Å². The van der Waals surface area contributed by atoms with E-state index in [9.17, 15) is 4.79 Å². The van der Waals surface area contributed by atoms with Gasteiger partial charge in [0, 0.05) is 12.5 Å². The van der Waals surface area contributed by atoms with Crippen molar-refractivity contribution in [3.05, 3.63) is 35.4 Å². The fourth-order valence-corrected chi connectivity index (χ4v) is 1.20. The molecule has 3 heteroatoms. The van der Waals surface area contributed by atoms with Crippen LogP contribution in [0, 0.1) is 6.92 Å². The van der Waals surface area contributed by atoms with E-state index in [0.717, 1.165) is 16.8 Å². The first-order valence-corrected chi connectivity index (χ1v) is 5.48. The minimum Gasteiger partial charge on any atom is -0.274 e. The van der Waals surface area contributed by atoms with Crippen LogP contribution in [0.5, 0.6) is 0 Å². The Morgan fingerprint density at radius 3 is 2.25 bits per heavy atom. The Hall–Kier alpha value is -1.64. The Morgan fingerprint density at radius 2 is 1.75 bits per heavy atom. The molecule has 0 radical (unpaired) electrons. The quantitative estimate of drug-likeness (QED) is 0.604. The molecule has 0 bridgehead atoms. The summed E-state index contributed by atoms with van der Waals surface area (Å²) >= 11 is 0. The second kappa shape index (κ2) is 7.63. The summed E-state index contributed by atoms with van der Waals surface area (Å²) in [5.74, 6) is -0.155. The van der Waals surface area contributed by atoms with Crippen LogP contribution in [0.25, 0.3) is 0 Å². The van der Waals surface area contributed by atoms with Crippen molar-refractivity contribution in [2.75, 3.05) is 0 Å². The number of hydrazone groups is 1. The molecule has 16 heavy (non-hydrogen) atoms. The molecule has 1 N–H and O–H groups in total. The summed E-state index contributed by atoms with van der Waals surface area (Å²) < 4.78 is 0. The van der Waals surface area contributed by atoms with Gasteiger partial charge in [-0.25, -0.2) is 5.43 Å². The first kappa shape index (κ1) is 14.4. The molecular formula is C13H20N2O. The Balaban J connectivity index is 0.00000106. The molecule has 0 spiro atoms. The first-order chi connectivity index (χ1) is 7.61. The van der Waals surface area contributed by atoms with Crippen LogP contribution in [0.1, 0.15) is 38.8 Å². The van der Waals surface area contributed by atoms with E-state index in [1.165, 1.54) is 6.92 Å². The van der Waals surface area contributed by atoms with E-state index in [1.807, 2.05) is 52.0 Å². The van der Waals surface area contributed by atoms with Gasteiger partial charge >= 0.3 is 0 Å². The van der Waals surface area contributed by atoms with Gasteiger partial charge in [-0.15, -0.1) is 0 Å². The number of rotatable bonds is 2. The molecule has 1 aromatic rings. The van der Waals surface area contributed by atoms with Crippen molar-refractivity contribution in [1.29, 1.82) is 0 Å². The first-order valence-electron chi connectivity index (χ1n) is 5.48. The molecule has 3 nitrogen and oxygen atoms in total. The van der Waals surface area contributed by atoms with E-state index in [2.05, 4.69) is 10.5 Å². The predicted molar refractivity (Wildman–Crippen MR) is 68.6 cm³/mol. The molecule has 0 aliphatic rings. The number of carbonyl (C=O) groups excluding carboxylic acids is 1. The van der Waals surface area contributed by atoms with Gasteiger partial charge in [0.1, 0.15) is 0 Å². The molecule has 0 saturated heterocycles. The van der Waals surface area contributed by atoms with Crippen LogP contribution in [-0.4, -0.2) is 11.6 Å². The number of hydrogen-bond acceptors (Lipinski definition) is 2. The van der Waals surface area contributed by atoms with Crippen molar-refractivity contribution in [2.45, 2.75) is 34.6 Å². The topological polar surface area (TPSA) is 41.5 Å². The Labute approximate surface area is 97.6 Å². The molecule has 0 aromatic heterocycles. The highest BCUT2D eigenvalue weighted by atomic mass is 16.2. The lowest BCUT2D eigenvalue weighted by Crippen LogP contribution is -2.15. The lowest BCUT2D eigenvalue weighted by atomic mass is 10.1. The van der Waals surface area contributed by atoms with Gasteiger partial charge in [0.25, 0.3) is 0 Å². The summed E-state index contributed by atoms with van der Waals surface area (Å²) in [6.45, 7) is 9.33. The second-order valence-electron chi connectivity index (χ2n) is 3.18. The van der Waals surface area contributed by atoms with Gasteiger partial charge in [0.15, 0.2) is 0 Å². The van der Waals surface area contributed by atoms with Gasteiger partial charge in [-0.05, 0) is 19.4 Å². The average molecular weight is 220 g/mol. The molecule has 88 valence electrons. The van der Waals surface area contributed by atoms with Gasteiger partial charge in [-0.2, -0.15) is 5.10 Å². The van der Waals surface area contributed by atoms with Crippen LogP contribution in [0.3, 0.4) is 0 Å². The van der Waals surface area contributed by atoms with Gasteiger partial charge in [-0.3, -0.25) is 4.79 Å². The number of benzene rings is 1. The lowest BCUT2D eigenvalue weighted by molar-refractivity contribution is -0.118. The van der Waals surface area contributed by atoms with Crippen molar-refractivity contribution < 1.29 is 4.79 Å². The minimum atomic E-state index is -0.155. The monoisotopic (exact) mass is 220 g/mol. The molecule has 1 aromatic carbocycles. The van der Waals surface area contributed by atoms with Crippen LogP contribution in [0.4, 0.5) is 0 Å². The number of amides is 1. The summed E-state index contributed by atoms with van der Waals surface area (Å²) in [6, 6.07) is 7.93. The molecule has 0 aliphatic carbocycles. The standard InChI is InChI=1S/C11H14N2O.C2H6/c1-8-6-4-5-7-11(8)9(2)12-13-10(3)14;1-2/h4-7H,1-3H3,(H,13,14);1-2H3/b12-9-;. The smallest absolute Gasteiger partial charge is 0.236 e. The van der Waals surface area contributed by atoms with Crippen LogP contribution < -0.4 is 5.43 Å². The van der Waals surface area contributed by atoms with E-state index in [1.54, 1.807) is 0 Å². The van der Waals surface area contributed by atoms with Crippen LogP contribution in [-0.2, 0) is 4.79 Å². The molecule has 0 saturated carbocycles. The van der Waals surface area contributed by atoms with Gasteiger partial charge in [-0.1, -0.05) is 38.1 Å². The van der Waals surface area contributed by atoms with Crippen LogP contribution >= 0.6 is 0 Å². The van der Waals surface area contributed by atoms with E-state index in [0.29, 0.717) is 0 Å². The summed E-state index contributed by atoms with van der Waals surface area (Å²) in [5, 5.41) is 3.97. The van der Waals surface area contributed by atoms with E-state index < -0.39 is 0 Å². The van der Waals surface area contributed by atoms with E-state index in [-0.39, 0.29) is 5.91 Å². The van der Waals surface area contributed by atoms with Crippen molar-refractivity contribution in [1.82, 2.24) is 5.43 Å². The van der Waals surface area contributed by atoms with Crippen molar-refractivity contribution in [2.24, 2.45) is 5.10 Å². The average Bonchev–Trinajstić information content (AvgIpc) is 2.29. The molecule has 1 amide bonds. The van der Waals surface area contributed by atoms with E-state index >= 15 is 0 Å². The zero-order valence-corrected chi connectivity index (χ0v) is 10.7. The van der Waals surface area contributed by atoms with Gasteiger partial charge in [0.2, 0.25) is 5.91 Å². The maximum absolute atomic E-state index is 10.6. The molecule has 0 unspecified atom stereocenters. The largest absolute Gasteiger partial charge is 0.274 e. The summed E-state index contributed by atoms with van der Waals surface area (Å²) in [5.41, 5.74) is 5.45. The highest BCUT2D eigenvalue weighted by molar-refractivity contribution is 6.00. The van der Waals surface area contributed by atoms with Crippen molar-refractivity contribution in [3.8, 4) is 0 Å². The van der Waals surface area contributed by atoms with Crippen LogP contribution in [0.15, 0.2) is 29.4 Å². The third kappa shape index (κ3) is 4.73. The Kier molecular flexibility index (Phi) is 6.84. The molecule has 0 heterocycles. The molecule has 0 fully saturated rings. The molecule has 0 atom stereocenters.